The van der Waals surface area contributed by atoms with Gasteiger partial charge in [0.1, 0.15) is 0 Å². The minimum Gasteiger partial charge on any atom is -0.336 e. The molecule has 0 aromatic heterocycles. The van der Waals surface area contributed by atoms with Crippen LogP contribution in [0.5, 0.6) is 0 Å². The van der Waals surface area contributed by atoms with Gasteiger partial charge in [-0.05, 0) is 56.4 Å². The number of benzene rings is 1. The van der Waals surface area contributed by atoms with Crippen LogP contribution >= 0.6 is 0 Å². The van der Waals surface area contributed by atoms with Crippen molar-refractivity contribution in [1.29, 1.82) is 0 Å². The summed E-state index contributed by atoms with van der Waals surface area (Å²) in [5.74, 6) is 0.266. The highest BCUT2D eigenvalue weighted by Crippen LogP contribution is 2.26. The molecule has 2 aliphatic heterocycles. The number of likely N-dealkylation sites (tertiary alicyclic amines) is 1. The Kier molecular flexibility index (Phi) is 4.62. The van der Waals surface area contributed by atoms with Crippen molar-refractivity contribution in [3.63, 3.8) is 0 Å². The van der Waals surface area contributed by atoms with Crippen molar-refractivity contribution >= 4 is 21.6 Å². The van der Waals surface area contributed by atoms with Gasteiger partial charge in [-0.25, -0.2) is 8.42 Å². The SMILES string of the molecule is CCC1CCCN1C(=O)c1ccc(N2CCCCS2(=O)=O)cc1. The largest absolute Gasteiger partial charge is 0.336 e. The Hall–Kier alpha value is -1.56. The van der Waals surface area contributed by atoms with E-state index >= 15 is 0 Å². The maximum atomic E-state index is 12.6. The van der Waals surface area contributed by atoms with Gasteiger partial charge in [-0.1, -0.05) is 6.92 Å². The first-order valence-electron chi connectivity index (χ1n) is 8.44. The first-order chi connectivity index (χ1) is 11.0. The van der Waals surface area contributed by atoms with E-state index in [4.69, 9.17) is 0 Å². The van der Waals surface area contributed by atoms with E-state index in [1.165, 1.54) is 4.31 Å². The standard InChI is InChI=1S/C17H24N2O3S/c1-2-15-6-5-11-18(15)17(20)14-7-9-16(10-8-14)19-12-3-4-13-23(19,21)22/h7-10,15H,2-6,11-13H2,1H3. The zero-order valence-corrected chi connectivity index (χ0v) is 14.4. The Labute approximate surface area is 138 Å². The maximum absolute atomic E-state index is 12.6. The number of carbonyl (C=O) groups is 1. The van der Waals surface area contributed by atoms with Crippen molar-refractivity contribution < 1.29 is 13.2 Å². The van der Waals surface area contributed by atoms with Gasteiger partial charge >= 0.3 is 0 Å². The molecule has 5 nitrogen and oxygen atoms in total. The number of amides is 1. The number of nitrogens with zero attached hydrogens (tertiary/aromatic N) is 2. The van der Waals surface area contributed by atoms with Crippen molar-refractivity contribution in [1.82, 2.24) is 4.90 Å². The molecule has 2 fully saturated rings. The molecule has 0 saturated carbocycles. The smallest absolute Gasteiger partial charge is 0.254 e. The third kappa shape index (κ3) is 3.22. The van der Waals surface area contributed by atoms with Crippen molar-refractivity contribution in [2.75, 3.05) is 23.1 Å². The lowest BCUT2D eigenvalue weighted by Gasteiger charge is -2.28. The number of hydrogen-bond donors (Lipinski definition) is 0. The van der Waals surface area contributed by atoms with E-state index in [0.29, 0.717) is 23.8 Å². The normalized spacial score (nSPS) is 24.0. The van der Waals surface area contributed by atoms with Crippen LogP contribution in [0.2, 0.25) is 0 Å². The molecular weight excluding hydrogens is 312 g/mol. The number of sulfonamides is 1. The summed E-state index contributed by atoms with van der Waals surface area (Å²) in [6.07, 6.45) is 4.73. The summed E-state index contributed by atoms with van der Waals surface area (Å²) in [7, 11) is -3.20. The second-order valence-corrected chi connectivity index (χ2v) is 8.36. The van der Waals surface area contributed by atoms with Crippen molar-refractivity contribution in [2.24, 2.45) is 0 Å². The van der Waals surface area contributed by atoms with Crippen LogP contribution in [0.15, 0.2) is 24.3 Å². The van der Waals surface area contributed by atoms with Gasteiger partial charge in [-0.15, -0.1) is 0 Å². The number of carbonyl (C=O) groups excluding carboxylic acids is 1. The molecule has 2 heterocycles. The average Bonchev–Trinajstić information content (AvgIpc) is 3.02. The minimum atomic E-state index is -3.20. The van der Waals surface area contributed by atoms with Gasteiger partial charge in [0, 0.05) is 24.7 Å². The molecule has 0 spiro atoms. The lowest BCUT2D eigenvalue weighted by molar-refractivity contribution is 0.0733. The number of anilines is 1. The summed E-state index contributed by atoms with van der Waals surface area (Å²) >= 11 is 0. The first kappa shape index (κ1) is 16.3. The second-order valence-electron chi connectivity index (χ2n) is 6.34. The zero-order chi connectivity index (χ0) is 16.4. The van der Waals surface area contributed by atoms with E-state index in [-0.39, 0.29) is 11.7 Å². The Bertz CT molecular complexity index is 670. The highest BCUT2D eigenvalue weighted by atomic mass is 32.2. The first-order valence-corrected chi connectivity index (χ1v) is 10.1. The van der Waals surface area contributed by atoms with Gasteiger partial charge in [0.25, 0.3) is 5.91 Å². The second kappa shape index (κ2) is 6.51. The molecule has 0 radical (unpaired) electrons. The van der Waals surface area contributed by atoms with Crippen LogP contribution in [0.4, 0.5) is 5.69 Å². The van der Waals surface area contributed by atoms with E-state index in [0.717, 1.165) is 38.6 Å². The molecule has 0 bridgehead atoms. The van der Waals surface area contributed by atoms with E-state index in [9.17, 15) is 13.2 Å². The van der Waals surface area contributed by atoms with Crippen LogP contribution < -0.4 is 4.31 Å². The van der Waals surface area contributed by atoms with Gasteiger partial charge in [0.15, 0.2) is 0 Å². The monoisotopic (exact) mass is 336 g/mol. The fourth-order valence-corrected chi connectivity index (χ4v) is 5.18. The molecule has 1 unspecified atom stereocenters. The van der Waals surface area contributed by atoms with E-state index in [2.05, 4.69) is 6.92 Å². The molecule has 1 atom stereocenters. The Morgan fingerprint density at radius 2 is 1.87 bits per heavy atom. The molecule has 126 valence electrons. The minimum absolute atomic E-state index is 0.0578. The predicted octanol–water partition coefficient (Wildman–Crippen LogP) is 2.63. The highest BCUT2D eigenvalue weighted by Gasteiger charge is 2.29. The molecule has 23 heavy (non-hydrogen) atoms. The van der Waals surface area contributed by atoms with Crippen molar-refractivity contribution in [3.8, 4) is 0 Å². The Balaban J connectivity index is 1.78. The number of hydrogen-bond acceptors (Lipinski definition) is 3. The fraction of sp³-hybridized carbons (Fsp3) is 0.588. The van der Waals surface area contributed by atoms with Crippen LogP contribution in [-0.4, -0.2) is 44.1 Å². The highest BCUT2D eigenvalue weighted by molar-refractivity contribution is 7.92. The summed E-state index contributed by atoms with van der Waals surface area (Å²) in [5, 5.41) is 0. The van der Waals surface area contributed by atoms with Gasteiger partial charge in [-0.3, -0.25) is 9.10 Å². The van der Waals surface area contributed by atoms with Gasteiger partial charge in [0.05, 0.1) is 11.4 Å². The summed E-state index contributed by atoms with van der Waals surface area (Å²) in [6.45, 7) is 3.46. The molecule has 2 aliphatic rings. The molecule has 2 saturated heterocycles. The summed E-state index contributed by atoms with van der Waals surface area (Å²) < 4.78 is 25.8. The number of rotatable bonds is 3. The maximum Gasteiger partial charge on any atom is 0.254 e. The predicted molar refractivity (Wildman–Crippen MR) is 91.2 cm³/mol. The molecule has 3 rings (SSSR count). The Morgan fingerprint density at radius 1 is 1.13 bits per heavy atom. The molecule has 0 N–H and O–H groups in total. The third-order valence-corrected chi connectivity index (χ3v) is 6.73. The van der Waals surface area contributed by atoms with Crippen molar-refractivity contribution in [2.45, 2.75) is 45.1 Å². The lowest BCUT2D eigenvalue weighted by Crippen LogP contribution is -2.38. The molecule has 1 aromatic rings. The molecule has 6 heteroatoms. The van der Waals surface area contributed by atoms with Gasteiger partial charge in [0.2, 0.25) is 10.0 Å². The van der Waals surface area contributed by atoms with Gasteiger partial charge in [-0.2, -0.15) is 0 Å². The molecular formula is C17H24N2O3S. The summed E-state index contributed by atoms with van der Waals surface area (Å²) in [4.78, 5) is 14.6. The topological polar surface area (TPSA) is 57.7 Å². The van der Waals surface area contributed by atoms with Crippen LogP contribution in [0.25, 0.3) is 0 Å². The fourth-order valence-electron chi connectivity index (χ4n) is 3.54. The molecule has 1 aromatic carbocycles. The summed E-state index contributed by atoms with van der Waals surface area (Å²) in [6, 6.07) is 7.37. The molecule has 1 amide bonds. The Morgan fingerprint density at radius 3 is 2.52 bits per heavy atom. The summed E-state index contributed by atoms with van der Waals surface area (Å²) in [5.41, 5.74) is 1.30. The van der Waals surface area contributed by atoms with Gasteiger partial charge < -0.3 is 4.90 Å². The lowest BCUT2D eigenvalue weighted by atomic mass is 10.1. The third-order valence-electron chi connectivity index (χ3n) is 4.86. The molecule has 0 aliphatic carbocycles. The van der Waals surface area contributed by atoms with Crippen LogP contribution in [0.3, 0.4) is 0 Å². The van der Waals surface area contributed by atoms with E-state index in [1.54, 1.807) is 24.3 Å². The average molecular weight is 336 g/mol. The van der Waals surface area contributed by atoms with Crippen molar-refractivity contribution in [3.05, 3.63) is 29.8 Å². The van der Waals surface area contributed by atoms with E-state index < -0.39 is 10.0 Å². The zero-order valence-electron chi connectivity index (χ0n) is 13.6. The van der Waals surface area contributed by atoms with Crippen LogP contribution in [-0.2, 0) is 10.0 Å². The van der Waals surface area contributed by atoms with Crippen LogP contribution in [0.1, 0.15) is 49.4 Å². The van der Waals surface area contributed by atoms with E-state index in [1.807, 2.05) is 4.90 Å². The quantitative estimate of drug-likeness (QED) is 0.852. The van der Waals surface area contributed by atoms with Crippen LogP contribution in [0, 0.1) is 0 Å².